The second kappa shape index (κ2) is 11.2. The van der Waals surface area contributed by atoms with Crippen molar-refractivity contribution in [3.05, 3.63) is 48.0 Å². The van der Waals surface area contributed by atoms with Gasteiger partial charge in [-0.1, -0.05) is 48.9 Å². The summed E-state index contributed by atoms with van der Waals surface area (Å²) in [5.41, 5.74) is 0.990. The summed E-state index contributed by atoms with van der Waals surface area (Å²) in [6.45, 7) is 6.46. The Bertz CT molecular complexity index is 584. The molecule has 0 aromatic heterocycles. The van der Waals surface area contributed by atoms with E-state index in [0.29, 0.717) is 19.8 Å². The molecule has 2 aliphatic rings. The van der Waals surface area contributed by atoms with Crippen LogP contribution in [0.1, 0.15) is 37.3 Å². The normalized spacial score (nSPS) is 19.7. The van der Waals surface area contributed by atoms with Crippen LogP contribution in [0.2, 0.25) is 0 Å². The van der Waals surface area contributed by atoms with Crippen molar-refractivity contribution in [3.8, 4) is 0 Å². The van der Waals surface area contributed by atoms with Gasteiger partial charge in [0.2, 0.25) is 0 Å². The van der Waals surface area contributed by atoms with E-state index in [1.165, 1.54) is 32.4 Å². The van der Waals surface area contributed by atoms with Crippen LogP contribution in [0.15, 0.2) is 42.5 Å². The lowest BCUT2D eigenvalue weighted by molar-refractivity contribution is -0.152. The Balaban J connectivity index is 1.41. The molecule has 0 radical (unpaired) electrons. The van der Waals surface area contributed by atoms with Crippen LogP contribution in [0.25, 0.3) is 0 Å². The number of rotatable bonds is 9. The second-order valence-corrected chi connectivity index (χ2v) is 7.25. The number of ether oxygens (including phenoxy) is 2. The Morgan fingerprint density at radius 2 is 1.78 bits per heavy atom. The first-order valence-corrected chi connectivity index (χ1v) is 10.3. The first-order chi connectivity index (χ1) is 13.3. The fraction of sp³-hybridized carbons (Fsp3) is 0.591. The third-order valence-corrected chi connectivity index (χ3v) is 5.27. The second-order valence-electron chi connectivity index (χ2n) is 7.25. The van der Waals surface area contributed by atoms with E-state index in [9.17, 15) is 4.79 Å². The topological polar surface area (TPSA) is 42.0 Å². The molecule has 1 aromatic carbocycles. The van der Waals surface area contributed by atoms with E-state index >= 15 is 0 Å². The number of hydrogen-bond donors (Lipinski definition) is 0. The molecule has 1 aromatic rings. The standard InChI is InChI=1S/C22H32N2O3/c25-22(27-19-18-26-17-16-23-12-6-2-7-13-23)21(20-10-4-1-5-11-20)24-14-8-3-9-15-24/h1,3-5,8,10-11,21H,2,6-7,9,12-19H2. The number of benzene rings is 1. The molecular formula is C22H32N2O3. The minimum Gasteiger partial charge on any atom is -0.462 e. The molecule has 0 N–H and O–H groups in total. The molecule has 3 rings (SSSR count). The highest BCUT2D eigenvalue weighted by Crippen LogP contribution is 2.24. The van der Waals surface area contributed by atoms with Gasteiger partial charge in [0, 0.05) is 19.6 Å². The van der Waals surface area contributed by atoms with E-state index in [-0.39, 0.29) is 12.0 Å². The Morgan fingerprint density at radius 1 is 0.963 bits per heavy atom. The predicted octanol–water partition coefficient (Wildman–Crippen LogP) is 3.04. The SMILES string of the molecule is O=C(OCCOCCN1CCCCC1)C(c1ccccc1)N1CC=CCC1. The zero-order chi connectivity index (χ0) is 18.7. The fourth-order valence-electron chi connectivity index (χ4n) is 3.78. The zero-order valence-electron chi connectivity index (χ0n) is 16.2. The third kappa shape index (κ3) is 6.45. The Kier molecular flexibility index (Phi) is 8.33. The molecular weight excluding hydrogens is 340 g/mol. The van der Waals surface area contributed by atoms with Crippen LogP contribution in [0.3, 0.4) is 0 Å². The van der Waals surface area contributed by atoms with Crippen molar-refractivity contribution in [1.82, 2.24) is 9.80 Å². The summed E-state index contributed by atoms with van der Waals surface area (Å²) in [7, 11) is 0. The highest BCUT2D eigenvalue weighted by atomic mass is 16.6. The summed E-state index contributed by atoms with van der Waals surface area (Å²) in [6, 6.07) is 9.57. The van der Waals surface area contributed by atoms with Gasteiger partial charge in [-0.05, 0) is 37.9 Å². The fourth-order valence-corrected chi connectivity index (χ4v) is 3.78. The van der Waals surface area contributed by atoms with Crippen LogP contribution in [-0.2, 0) is 14.3 Å². The summed E-state index contributed by atoms with van der Waals surface area (Å²) >= 11 is 0. The van der Waals surface area contributed by atoms with Crippen molar-refractivity contribution in [2.75, 3.05) is 52.5 Å². The average molecular weight is 373 g/mol. The summed E-state index contributed by atoms with van der Waals surface area (Å²) in [5, 5.41) is 0. The molecule has 2 aliphatic heterocycles. The van der Waals surface area contributed by atoms with Crippen LogP contribution in [-0.4, -0.2) is 68.3 Å². The minimum atomic E-state index is -0.343. The molecule has 5 nitrogen and oxygen atoms in total. The van der Waals surface area contributed by atoms with Crippen molar-refractivity contribution >= 4 is 5.97 Å². The molecule has 0 bridgehead atoms. The molecule has 1 unspecified atom stereocenters. The summed E-state index contributed by atoms with van der Waals surface area (Å²) in [6.07, 6.45) is 9.20. The number of piperidine rings is 1. The average Bonchev–Trinajstić information content (AvgIpc) is 2.73. The van der Waals surface area contributed by atoms with Gasteiger partial charge in [-0.25, -0.2) is 4.79 Å². The number of likely N-dealkylation sites (tertiary alicyclic amines) is 1. The van der Waals surface area contributed by atoms with Gasteiger partial charge in [-0.15, -0.1) is 0 Å². The summed E-state index contributed by atoms with van der Waals surface area (Å²) < 4.78 is 11.2. The molecule has 2 heterocycles. The van der Waals surface area contributed by atoms with Gasteiger partial charge in [-0.2, -0.15) is 0 Å². The van der Waals surface area contributed by atoms with Crippen molar-refractivity contribution in [2.24, 2.45) is 0 Å². The molecule has 0 aliphatic carbocycles. The Morgan fingerprint density at radius 3 is 2.52 bits per heavy atom. The van der Waals surface area contributed by atoms with Crippen LogP contribution in [0.4, 0.5) is 0 Å². The molecule has 1 atom stereocenters. The van der Waals surface area contributed by atoms with Crippen LogP contribution in [0.5, 0.6) is 0 Å². The summed E-state index contributed by atoms with van der Waals surface area (Å²) in [5.74, 6) is -0.184. The molecule has 0 spiro atoms. The van der Waals surface area contributed by atoms with Gasteiger partial charge in [0.15, 0.2) is 0 Å². The van der Waals surface area contributed by atoms with E-state index < -0.39 is 0 Å². The number of carbonyl (C=O) groups is 1. The van der Waals surface area contributed by atoms with Gasteiger partial charge in [-0.3, -0.25) is 4.90 Å². The van der Waals surface area contributed by atoms with E-state index in [0.717, 1.165) is 31.6 Å². The monoisotopic (exact) mass is 372 g/mol. The Labute approximate surface area is 162 Å². The first kappa shape index (κ1) is 20.1. The summed E-state index contributed by atoms with van der Waals surface area (Å²) in [4.78, 5) is 17.4. The maximum atomic E-state index is 12.8. The Hall–Kier alpha value is -1.69. The lowest BCUT2D eigenvalue weighted by atomic mass is 10.0. The molecule has 5 heteroatoms. The van der Waals surface area contributed by atoms with Gasteiger partial charge in [0.25, 0.3) is 0 Å². The molecule has 0 amide bonds. The zero-order valence-corrected chi connectivity index (χ0v) is 16.2. The van der Waals surface area contributed by atoms with E-state index in [1.54, 1.807) is 0 Å². The lowest BCUT2D eigenvalue weighted by Crippen LogP contribution is -2.37. The molecule has 27 heavy (non-hydrogen) atoms. The van der Waals surface area contributed by atoms with Gasteiger partial charge in [0.05, 0.1) is 13.2 Å². The minimum absolute atomic E-state index is 0.184. The van der Waals surface area contributed by atoms with Crippen LogP contribution in [0, 0.1) is 0 Å². The number of hydrogen-bond acceptors (Lipinski definition) is 5. The highest BCUT2D eigenvalue weighted by molar-refractivity contribution is 5.77. The lowest BCUT2D eigenvalue weighted by Gasteiger charge is -2.31. The smallest absolute Gasteiger partial charge is 0.328 e. The largest absolute Gasteiger partial charge is 0.462 e. The number of esters is 1. The molecule has 148 valence electrons. The van der Waals surface area contributed by atoms with Crippen molar-refractivity contribution in [3.63, 3.8) is 0 Å². The van der Waals surface area contributed by atoms with Gasteiger partial charge in [0.1, 0.15) is 12.6 Å². The maximum Gasteiger partial charge on any atom is 0.328 e. The van der Waals surface area contributed by atoms with Crippen LogP contribution >= 0.6 is 0 Å². The predicted molar refractivity (Wildman–Crippen MR) is 107 cm³/mol. The highest BCUT2D eigenvalue weighted by Gasteiger charge is 2.28. The maximum absolute atomic E-state index is 12.8. The van der Waals surface area contributed by atoms with Gasteiger partial charge >= 0.3 is 5.97 Å². The van der Waals surface area contributed by atoms with Crippen LogP contribution < -0.4 is 0 Å². The van der Waals surface area contributed by atoms with Gasteiger partial charge < -0.3 is 14.4 Å². The third-order valence-electron chi connectivity index (χ3n) is 5.27. The van der Waals surface area contributed by atoms with Crippen molar-refractivity contribution in [2.45, 2.75) is 31.7 Å². The molecule has 0 saturated carbocycles. The molecule has 1 saturated heterocycles. The first-order valence-electron chi connectivity index (χ1n) is 10.3. The number of nitrogens with zero attached hydrogens (tertiary/aromatic N) is 2. The van der Waals surface area contributed by atoms with E-state index in [4.69, 9.17) is 9.47 Å². The quantitative estimate of drug-likeness (QED) is 0.379. The number of carbonyl (C=O) groups excluding carboxylic acids is 1. The van der Waals surface area contributed by atoms with E-state index in [2.05, 4.69) is 22.0 Å². The van der Waals surface area contributed by atoms with Crippen molar-refractivity contribution in [1.29, 1.82) is 0 Å². The van der Waals surface area contributed by atoms with E-state index in [1.807, 2.05) is 30.3 Å². The molecule has 1 fully saturated rings. The van der Waals surface area contributed by atoms with Crippen molar-refractivity contribution < 1.29 is 14.3 Å².